The normalized spacial score (nSPS) is 19.4. The van der Waals surface area contributed by atoms with Crippen LogP contribution in [0.5, 0.6) is 0 Å². The highest BCUT2D eigenvalue weighted by atomic mass is 32.2. The number of nitrogens with one attached hydrogen (secondary N) is 2. The molecule has 12 nitrogen and oxygen atoms in total. The molecule has 5 unspecified atom stereocenters. The van der Waals surface area contributed by atoms with Gasteiger partial charge in [-0.25, -0.2) is 0 Å². The van der Waals surface area contributed by atoms with E-state index in [0.717, 1.165) is 11.1 Å². The monoisotopic (exact) mass is 728 g/mol. The molecule has 0 radical (unpaired) electrons. The average Bonchev–Trinajstić information content (AvgIpc) is 3.75. The fourth-order valence-electron chi connectivity index (χ4n) is 7.34. The number of rotatable bonds is 15. The van der Waals surface area contributed by atoms with Crippen LogP contribution in [0.1, 0.15) is 85.3 Å². The predicted molar refractivity (Wildman–Crippen MR) is 200 cm³/mol. The average molecular weight is 729 g/mol. The van der Waals surface area contributed by atoms with Crippen molar-refractivity contribution in [2.45, 2.75) is 117 Å². The van der Waals surface area contributed by atoms with E-state index in [-0.39, 0.29) is 52.4 Å². The molecular weight excluding hydrogens is 669 g/mol. The maximum absolute atomic E-state index is 14.3. The quantitative estimate of drug-likeness (QED) is 0.281. The van der Waals surface area contributed by atoms with E-state index in [9.17, 15) is 28.8 Å². The highest BCUT2D eigenvalue weighted by Crippen LogP contribution is 2.28. The second-order valence-electron chi connectivity index (χ2n) is 15.2. The smallest absolute Gasteiger partial charge is 0.246 e. The lowest BCUT2D eigenvalue weighted by molar-refractivity contribution is -0.153. The molecule has 0 saturated carbocycles. The summed E-state index contributed by atoms with van der Waals surface area (Å²) in [5.41, 5.74) is 1.94. The molecular formula is C38H60N6O6S. The number of benzene rings is 1. The highest BCUT2D eigenvalue weighted by Gasteiger charge is 2.45. The summed E-state index contributed by atoms with van der Waals surface area (Å²) in [4.78, 5) is 86.9. The van der Waals surface area contributed by atoms with Crippen molar-refractivity contribution >= 4 is 46.4 Å². The van der Waals surface area contributed by atoms with Gasteiger partial charge in [0.15, 0.2) is 5.12 Å². The number of nitrogens with zero attached hydrogens (tertiary/aromatic N) is 4. The second-order valence-corrected chi connectivity index (χ2v) is 16.4. The summed E-state index contributed by atoms with van der Waals surface area (Å²) in [5, 5.41) is 6.01. The van der Waals surface area contributed by atoms with Gasteiger partial charge < -0.3 is 25.3 Å². The first-order valence-corrected chi connectivity index (χ1v) is 19.3. The van der Waals surface area contributed by atoms with Crippen LogP contribution >= 0.6 is 11.8 Å². The number of thioether (sulfide) groups is 1. The van der Waals surface area contributed by atoms with Gasteiger partial charge in [-0.15, -0.1) is 0 Å². The Morgan fingerprint density at radius 1 is 0.784 bits per heavy atom. The van der Waals surface area contributed by atoms with E-state index in [2.05, 4.69) is 10.6 Å². The third-order valence-electron chi connectivity index (χ3n) is 9.93. The molecule has 2 fully saturated rings. The van der Waals surface area contributed by atoms with Crippen LogP contribution in [0, 0.1) is 17.8 Å². The van der Waals surface area contributed by atoms with Gasteiger partial charge in [0.25, 0.3) is 0 Å². The molecule has 2 heterocycles. The zero-order chi connectivity index (χ0) is 38.2. The molecule has 13 heteroatoms. The van der Waals surface area contributed by atoms with Gasteiger partial charge in [0.2, 0.25) is 29.5 Å². The van der Waals surface area contributed by atoms with E-state index >= 15 is 0 Å². The molecule has 3 rings (SSSR count). The molecule has 0 bridgehead atoms. The molecule has 1 aromatic rings. The molecule has 1 aromatic carbocycles. The van der Waals surface area contributed by atoms with E-state index in [1.807, 2.05) is 84.8 Å². The minimum atomic E-state index is -0.844. The minimum Gasteiger partial charge on any atom is -0.350 e. The lowest BCUT2D eigenvalue weighted by Crippen LogP contribution is -2.61. The second kappa shape index (κ2) is 18.9. The van der Waals surface area contributed by atoms with Crippen LogP contribution in [0.25, 0.3) is 0 Å². The minimum absolute atomic E-state index is 0.0262. The first-order valence-electron chi connectivity index (χ1n) is 18.3. The zero-order valence-corrected chi connectivity index (χ0v) is 33.0. The Kier molecular flexibility index (Phi) is 15.5. The van der Waals surface area contributed by atoms with Crippen molar-refractivity contribution in [1.82, 2.24) is 30.2 Å². The van der Waals surface area contributed by atoms with Crippen LogP contribution in [0.4, 0.5) is 0 Å². The van der Waals surface area contributed by atoms with Crippen LogP contribution in [-0.2, 0) is 41.1 Å². The van der Waals surface area contributed by atoms with Gasteiger partial charge in [0.05, 0.1) is 6.04 Å². The molecule has 0 aromatic heterocycles. The Labute approximate surface area is 308 Å². The Balaban J connectivity index is 1.70. The van der Waals surface area contributed by atoms with Crippen LogP contribution < -0.4 is 10.6 Å². The Bertz CT molecular complexity index is 1390. The van der Waals surface area contributed by atoms with Gasteiger partial charge in [-0.3, -0.25) is 33.7 Å². The summed E-state index contributed by atoms with van der Waals surface area (Å²) in [7, 11) is 5.27. The number of hydrogen-bond acceptors (Lipinski definition) is 8. The van der Waals surface area contributed by atoms with E-state index < -0.39 is 30.2 Å². The summed E-state index contributed by atoms with van der Waals surface area (Å²) >= 11 is 1.25. The van der Waals surface area contributed by atoms with E-state index in [1.54, 1.807) is 23.8 Å². The summed E-state index contributed by atoms with van der Waals surface area (Å²) in [6.45, 7) is 14.1. The topological polar surface area (TPSA) is 139 Å². The fourth-order valence-corrected chi connectivity index (χ4v) is 7.90. The summed E-state index contributed by atoms with van der Waals surface area (Å²) in [6.07, 6.45) is 2.35. The number of carbonyl (C=O) groups is 6. The molecule has 51 heavy (non-hydrogen) atoms. The van der Waals surface area contributed by atoms with Crippen LogP contribution in [0.3, 0.4) is 0 Å². The number of likely N-dealkylation sites (tertiary alicyclic amines) is 2. The Morgan fingerprint density at radius 3 is 1.86 bits per heavy atom. The molecule has 284 valence electrons. The molecule has 0 spiro atoms. The van der Waals surface area contributed by atoms with Gasteiger partial charge in [0.1, 0.15) is 24.2 Å². The van der Waals surface area contributed by atoms with Crippen molar-refractivity contribution < 1.29 is 28.8 Å². The number of amides is 5. The fraction of sp³-hybridized carbons (Fsp3) is 0.684. The number of hydrogen-bond donors (Lipinski definition) is 2. The van der Waals surface area contributed by atoms with Crippen LogP contribution in [-0.4, -0.2) is 119 Å². The van der Waals surface area contributed by atoms with E-state index in [1.165, 1.54) is 16.7 Å². The van der Waals surface area contributed by atoms with Crippen molar-refractivity contribution in [3.05, 3.63) is 35.4 Å². The van der Waals surface area contributed by atoms with Gasteiger partial charge in [-0.05, 0) is 68.7 Å². The van der Waals surface area contributed by atoms with Crippen LogP contribution in [0.2, 0.25) is 0 Å². The lowest BCUT2D eigenvalue weighted by Gasteiger charge is -2.38. The van der Waals surface area contributed by atoms with Crippen molar-refractivity contribution in [2.75, 3.05) is 34.2 Å². The predicted octanol–water partition coefficient (Wildman–Crippen LogP) is 3.27. The zero-order valence-electron chi connectivity index (χ0n) is 32.2. The molecule has 5 atom stereocenters. The van der Waals surface area contributed by atoms with Gasteiger partial charge in [-0.2, -0.15) is 0 Å². The molecule has 2 saturated heterocycles. The van der Waals surface area contributed by atoms with Gasteiger partial charge in [0, 0.05) is 39.4 Å². The maximum atomic E-state index is 14.3. The van der Waals surface area contributed by atoms with Crippen molar-refractivity contribution in [1.29, 1.82) is 0 Å². The SMILES string of the molecule is CC(=O)SCc1ccc(CNC(=O)C2CCCN2C(=O)C2CCCN2C(=O)C(C(C)C)N(C)C(=O)C(NC(=O)C(C(C)C)N(C)C)C(C)C)cc1. The van der Waals surface area contributed by atoms with Crippen molar-refractivity contribution in [2.24, 2.45) is 17.8 Å². The number of carbonyl (C=O) groups excluding carboxylic acids is 6. The van der Waals surface area contributed by atoms with E-state index in [4.69, 9.17) is 0 Å². The third-order valence-corrected chi connectivity index (χ3v) is 10.8. The Hall–Kier alpha value is -3.45. The summed E-state index contributed by atoms with van der Waals surface area (Å²) in [6, 6.07) is 4.29. The van der Waals surface area contributed by atoms with Crippen molar-refractivity contribution in [3.63, 3.8) is 0 Å². The molecule has 2 aliphatic heterocycles. The standard InChI is InChI=1S/C38H60N6O6S/c1-23(2)31(40-35(47)32(24(3)4)41(8)9)37(49)42(10)33(25(5)6)38(50)44-20-12-14-30(44)36(48)43-19-11-13-29(43)34(46)39-21-27-15-17-28(18-16-27)22-51-26(7)45/h15-18,23-25,29-33H,11-14,19-22H2,1-10H3,(H,39,46)(H,40,47). The molecule has 0 aliphatic carbocycles. The largest absolute Gasteiger partial charge is 0.350 e. The first-order chi connectivity index (χ1) is 24.0. The van der Waals surface area contributed by atoms with Crippen molar-refractivity contribution in [3.8, 4) is 0 Å². The lowest BCUT2D eigenvalue weighted by atomic mass is 9.96. The summed E-state index contributed by atoms with van der Waals surface area (Å²) < 4.78 is 0. The third kappa shape index (κ3) is 10.8. The molecule has 2 aliphatic rings. The Morgan fingerprint density at radius 2 is 1.33 bits per heavy atom. The highest BCUT2D eigenvalue weighted by molar-refractivity contribution is 8.12. The van der Waals surface area contributed by atoms with Crippen LogP contribution in [0.15, 0.2) is 24.3 Å². The molecule has 2 N–H and O–H groups in total. The first kappa shape index (κ1) is 42.0. The number of likely N-dealkylation sites (N-methyl/N-ethyl adjacent to an activating group) is 2. The van der Waals surface area contributed by atoms with E-state index in [0.29, 0.717) is 51.1 Å². The maximum Gasteiger partial charge on any atom is 0.246 e. The molecule has 5 amide bonds. The van der Waals surface area contributed by atoms with Gasteiger partial charge >= 0.3 is 0 Å². The summed E-state index contributed by atoms with van der Waals surface area (Å²) in [5.74, 6) is -1.22. The van der Waals surface area contributed by atoms with Gasteiger partial charge in [-0.1, -0.05) is 77.6 Å².